The fourth-order valence-electron chi connectivity index (χ4n) is 12.2. The second-order valence-corrected chi connectivity index (χ2v) is 19.7. The van der Waals surface area contributed by atoms with Gasteiger partial charge in [0.15, 0.2) is 0 Å². The summed E-state index contributed by atoms with van der Waals surface area (Å²) in [5.41, 5.74) is 21.8. The molecule has 2 heterocycles. The molecule has 2 aliphatic rings. The second kappa shape index (κ2) is 15.1. The lowest BCUT2D eigenvalue weighted by molar-refractivity contribution is 0.670. The number of nitrogens with zero attached hydrogens (tertiary/aromatic N) is 1. The summed E-state index contributed by atoms with van der Waals surface area (Å²) < 4.78 is 9.21. The van der Waals surface area contributed by atoms with Crippen molar-refractivity contribution in [1.29, 1.82) is 0 Å². The number of para-hydroxylation sites is 3. The van der Waals surface area contributed by atoms with Gasteiger partial charge in [-0.1, -0.05) is 206 Å². The lowest BCUT2D eigenvalue weighted by Crippen LogP contribution is -2.29. The zero-order valence-corrected chi connectivity index (χ0v) is 38.8. The van der Waals surface area contributed by atoms with E-state index < -0.39 is 5.41 Å². The summed E-state index contributed by atoms with van der Waals surface area (Å²) in [7, 11) is 0. The highest BCUT2D eigenvalue weighted by Gasteiger charge is 2.50. The number of benzene rings is 11. The number of thiophene rings is 1. The molecule has 2 aromatic heterocycles. The Hall–Kier alpha value is -8.76. The van der Waals surface area contributed by atoms with Crippen molar-refractivity contribution in [1.82, 2.24) is 0 Å². The quantitative estimate of drug-likeness (QED) is 0.171. The molecule has 1 atom stereocenters. The van der Waals surface area contributed by atoms with Crippen LogP contribution in [0.15, 0.2) is 253 Å². The highest BCUT2D eigenvalue weighted by atomic mass is 32.1. The maximum Gasteiger partial charge on any atom is 0.143 e. The van der Waals surface area contributed by atoms with Crippen LogP contribution in [0.25, 0.3) is 97.7 Å². The topological polar surface area (TPSA) is 16.4 Å². The van der Waals surface area contributed by atoms with Crippen LogP contribution in [0, 0.1) is 0 Å². The summed E-state index contributed by atoms with van der Waals surface area (Å²) in [5.74, 6) is 0. The number of furan rings is 1. The molecular weight excluding hydrogens is 867 g/mol. The average molecular weight is 908 g/mol. The molecule has 1 unspecified atom stereocenters. The van der Waals surface area contributed by atoms with Gasteiger partial charge in [-0.05, 0) is 104 Å². The summed E-state index contributed by atoms with van der Waals surface area (Å²) in [6.45, 7) is 0. The van der Waals surface area contributed by atoms with Gasteiger partial charge in [0.2, 0.25) is 0 Å². The molecule has 0 radical (unpaired) electrons. The number of rotatable bonds is 5. The van der Waals surface area contributed by atoms with Gasteiger partial charge in [0, 0.05) is 59.0 Å². The smallest absolute Gasteiger partial charge is 0.143 e. The van der Waals surface area contributed by atoms with Gasteiger partial charge in [-0.25, -0.2) is 0 Å². The van der Waals surface area contributed by atoms with Crippen molar-refractivity contribution in [2.45, 2.75) is 5.41 Å². The van der Waals surface area contributed by atoms with Gasteiger partial charge in [0.05, 0.1) is 11.1 Å². The number of hydrogen-bond acceptors (Lipinski definition) is 3. The van der Waals surface area contributed by atoms with Gasteiger partial charge in [0.25, 0.3) is 0 Å². The van der Waals surface area contributed by atoms with E-state index in [9.17, 15) is 0 Å². The first-order chi connectivity index (χ1) is 34.7. The molecule has 0 saturated heterocycles. The third kappa shape index (κ3) is 5.49. The molecule has 11 aromatic carbocycles. The van der Waals surface area contributed by atoms with E-state index in [-0.39, 0.29) is 0 Å². The fraction of sp³-hybridized carbons (Fsp3) is 0.0149. The van der Waals surface area contributed by atoms with Crippen LogP contribution in [0.3, 0.4) is 0 Å². The van der Waals surface area contributed by atoms with Crippen LogP contribution in [0.5, 0.6) is 0 Å². The number of hydrogen-bond donors (Lipinski definition) is 0. The van der Waals surface area contributed by atoms with Crippen LogP contribution < -0.4 is 4.90 Å². The minimum atomic E-state index is -0.605. The SMILES string of the molecule is c1ccc(-c2ccccc2N(c2ccc(-c3cccc4c3oc3ccccc34)cc2)c2ccc3c(c2)-c2ccccc2-c2ccccc2C32c3ccccc3-c3c2ccc2c3sc3ccccc32)cc1. The Morgan fingerprint density at radius 3 is 1.74 bits per heavy atom. The van der Waals surface area contributed by atoms with Gasteiger partial charge in [-0.15, -0.1) is 11.3 Å². The third-order valence-corrected chi connectivity index (χ3v) is 16.3. The molecule has 13 aromatic rings. The normalized spacial score (nSPS) is 14.3. The molecule has 2 aliphatic carbocycles. The molecule has 70 heavy (non-hydrogen) atoms. The highest BCUT2D eigenvalue weighted by molar-refractivity contribution is 7.26. The zero-order chi connectivity index (χ0) is 45.9. The second-order valence-electron chi connectivity index (χ2n) is 18.6. The van der Waals surface area contributed by atoms with Crippen LogP contribution in [-0.4, -0.2) is 0 Å². The Morgan fingerprint density at radius 2 is 0.914 bits per heavy atom. The Labute approximate surface area is 409 Å². The van der Waals surface area contributed by atoms with Gasteiger partial charge in [-0.3, -0.25) is 0 Å². The molecule has 326 valence electrons. The van der Waals surface area contributed by atoms with Crippen molar-refractivity contribution in [2.75, 3.05) is 4.90 Å². The molecule has 0 aliphatic heterocycles. The first-order valence-electron chi connectivity index (χ1n) is 24.1. The standard InChI is InChI=1S/C67H41NOS/c1-2-17-42(18-3-1)46-19-8-13-30-61(46)68(44-35-33-43(34-36-44)47-26-16-27-53-51-23-9-14-31-62(51)69-65(47)53)45-37-39-59-56(41-45)49-21-5-4-20-48(49)50-22-6-11-28-57(50)67(59)58-29-12-7-25-55(58)64-60(67)40-38-54-52-24-10-15-32-63(52)70-66(54)64/h1-41H. The number of anilines is 3. The van der Waals surface area contributed by atoms with Crippen molar-refractivity contribution in [3.05, 3.63) is 271 Å². The molecule has 0 amide bonds. The Kier molecular flexibility index (Phi) is 8.48. The van der Waals surface area contributed by atoms with Crippen molar-refractivity contribution < 1.29 is 4.42 Å². The van der Waals surface area contributed by atoms with E-state index >= 15 is 0 Å². The third-order valence-electron chi connectivity index (χ3n) is 15.1. The maximum absolute atomic E-state index is 6.54. The summed E-state index contributed by atoms with van der Waals surface area (Å²) in [6, 6.07) is 92.0. The minimum absolute atomic E-state index is 0.605. The molecule has 1 spiro atoms. The fourth-order valence-corrected chi connectivity index (χ4v) is 13.5. The van der Waals surface area contributed by atoms with E-state index in [2.05, 4.69) is 248 Å². The lowest BCUT2D eigenvalue weighted by Gasteiger charge is -2.36. The van der Waals surface area contributed by atoms with Crippen LogP contribution in [0.1, 0.15) is 22.3 Å². The summed E-state index contributed by atoms with van der Waals surface area (Å²) >= 11 is 1.92. The first kappa shape index (κ1) is 39.3. The van der Waals surface area contributed by atoms with E-state index in [1.807, 2.05) is 17.4 Å². The molecule has 0 N–H and O–H groups in total. The van der Waals surface area contributed by atoms with Gasteiger partial charge in [-0.2, -0.15) is 0 Å². The van der Waals surface area contributed by atoms with Crippen molar-refractivity contribution in [2.24, 2.45) is 0 Å². The van der Waals surface area contributed by atoms with E-state index in [0.717, 1.165) is 61.3 Å². The van der Waals surface area contributed by atoms with Crippen molar-refractivity contribution in [3.8, 4) is 55.6 Å². The van der Waals surface area contributed by atoms with Gasteiger partial charge < -0.3 is 9.32 Å². The lowest BCUT2D eigenvalue weighted by atomic mass is 9.66. The molecule has 0 saturated carbocycles. The Morgan fingerprint density at radius 1 is 0.343 bits per heavy atom. The van der Waals surface area contributed by atoms with Crippen molar-refractivity contribution in [3.63, 3.8) is 0 Å². The molecule has 0 fully saturated rings. The molecule has 3 heteroatoms. The average Bonchev–Trinajstić information content (AvgIpc) is 4.08. The first-order valence-corrected chi connectivity index (χ1v) is 24.9. The predicted molar refractivity (Wildman–Crippen MR) is 294 cm³/mol. The zero-order valence-electron chi connectivity index (χ0n) is 37.9. The molecular formula is C67H41NOS. The van der Waals surface area contributed by atoms with E-state index in [1.54, 1.807) is 0 Å². The minimum Gasteiger partial charge on any atom is -0.455 e. The molecule has 15 rings (SSSR count). The van der Waals surface area contributed by atoms with E-state index in [4.69, 9.17) is 4.42 Å². The largest absolute Gasteiger partial charge is 0.455 e. The van der Waals surface area contributed by atoms with E-state index in [0.29, 0.717) is 0 Å². The van der Waals surface area contributed by atoms with Gasteiger partial charge in [0.1, 0.15) is 11.2 Å². The summed E-state index contributed by atoms with van der Waals surface area (Å²) in [5, 5.41) is 4.90. The van der Waals surface area contributed by atoms with Crippen LogP contribution >= 0.6 is 11.3 Å². The Bertz CT molecular complexity index is 4250. The number of fused-ring (bicyclic) bond motifs is 19. The van der Waals surface area contributed by atoms with Crippen LogP contribution in [0.4, 0.5) is 17.1 Å². The molecule has 2 nitrogen and oxygen atoms in total. The monoisotopic (exact) mass is 907 g/mol. The van der Waals surface area contributed by atoms with Gasteiger partial charge >= 0.3 is 0 Å². The predicted octanol–water partition coefficient (Wildman–Crippen LogP) is 18.8. The van der Waals surface area contributed by atoms with Crippen LogP contribution in [-0.2, 0) is 5.41 Å². The maximum atomic E-state index is 6.54. The van der Waals surface area contributed by atoms with Crippen LogP contribution in [0.2, 0.25) is 0 Å². The summed E-state index contributed by atoms with van der Waals surface area (Å²) in [4.78, 5) is 2.46. The highest BCUT2D eigenvalue weighted by Crippen LogP contribution is 2.64. The van der Waals surface area contributed by atoms with Crippen molar-refractivity contribution >= 4 is 70.5 Å². The summed E-state index contributed by atoms with van der Waals surface area (Å²) in [6.07, 6.45) is 0. The van der Waals surface area contributed by atoms with E-state index in [1.165, 1.54) is 75.8 Å². The Balaban J connectivity index is 0.995. The molecule has 0 bridgehead atoms.